The SMILES string of the molecule is CCCNC(C)(CO)CN1CC2CCCC2C1. The minimum atomic E-state index is -0.116. The summed E-state index contributed by atoms with van der Waals surface area (Å²) >= 11 is 0. The van der Waals surface area contributed by atoms with Crippen LogP contribution in [0.25, 0.3) is 0 Å². The number of hydrogen-bond donors (Lipinski definition) is 2. The molecule has 2 fully saturated rings. The molecule has 1 saturated heterocycles. The van der Waals surface area contributed by atoms with Gasteiger partial charge in [-0.1, -0.05) is 13.3 Å². The summed E-state index contributed by atoms with van der Waals surface area (Å²) in [7, 11) is 0. The molecule has 3 atom stereocenters. The Morgan fingerprint density at radius 1 is 1.29 bits per heavy atom. The molecule has 2 aliphatic rings. The fraction of sp³-hybridized carbons (Fsp3) is 1.00. The van der Waals surface area contributed by atoms with Gasteiger partial charge in [0.2, 0.25) is 0 Å². The van der Waals surface area contributed by atoms with Gasteiger partial charge in [-0.15, -0.1) is 0 Å². The van der Waals surface area contributed by atoms with Gasteiger partial charge in [0.1, 0.15) is 0 Å². The molecule has 0 bridgehead atoms. The first kappa shape index (κ1) is 13.3. The highest BCUT2D eigenvalue weighted by Gasteiger charge is 2.38. The van der Waals surface area contributed by atoms with E-state index < -0.39 is 0 Å². The van der Waals surface area contributed by atoms with Crippen LogP contribution in [0.15, 0.2) is 0 Å². The summed E-state index contributed by atoms with van der Waals surface area (Å²) in [5.74, 6) is 1.90. The van der Waals surface area contributed by atoms with E-state index in [2.05, 4.69) is 24.1 Å². The highest BCUT2D eigenvalue weighted by atomic mass is 16.3. The lowest BCUT2D eigenvalue weighted by atomic mass is 10.0. The minimum Gasteiger partial charge on any atom is -0.394 e. The standard InChI is InChI=1S/C14H28N2O/c1-3-7-15-14(2,11-17)10-16-8-12-5-4-6-13(12)9-16/h12-13,15,17H,3-11H2,1-2H3. The van der Waals surface area contributed by atoms with Crippen LogP contribution < -0.4 is 5.32 Å². The average Bonchev–Trinajstić information content (AvgIpc) is 2.87. The molecule has 17 heavy (non-hydrogen) atoms. The van der Waals surface area contributed by atoms with Crippen molar-refractivity contribution in [3.8, 4) is 0 Å². The van der Waals surface area contributed by atoms with Crippen molar-refractivity contribution in [1.29, 1.82) is 0 Å². The third-order valence-corrected chi connectivity index (χ3v) is 4.53. The maximum absolute atomic E-state index is 9.59. The fourth-order valence-electron chi connectivity index (χ4n) is 3.54. The number of rotatable bonds is 6. The summed E-state index contributed by atoms with van der Waals surface area (Å²) in [6.45, 7) is 9.07. The zero-order chi connectivity index (χ0) is 12.3. The zero-order valence-corrected chi connectivity index (χ0v) is 11.4. The van der Waals surface area contributed by atoms with Gasteiger partial charge < -0.3 is 15.3 Å². The molecule has 3 nitrogen and oxygen atoms in total. The van der Waals surface area contributed by atoms with Crippen molar-refractivity contribution < 1.29 is 5.11 Å². The van der Waals surface area contributed by atoms with Crippen LogP contribution in [0.2, 0.25) is 0 Å². The Kier molecular flexibility index (Phi) is 4.45. The quantitative estimate of drug-likeness (QED) is 0.738. The Morgan fingerprint density at radius 3 is 2.47 bits per heavy atom. The Hall–Kier alpha value is -0.120. The van der Waals surface area contributed by atoms with Crippen molar-refractivity contribution in [2.24, 2.45) is 11.8 Å². The monoisotopic (exact) mass is 240 g/mol. The largest absolute Gasteiger partial charge is 0.394 e. The zero-order valence-electron chi connectivity index (χ0n) is 11.4. The molecule has 0 aromatic carbocycles. The lowest BCUT2D eigenvalue weighted by Gasteiger charge is -2.33. The van der Waals surface area contributed by atoms with Crippen molar-refractivity contribution in [3.05, 3.63) is 0 Å². The first-order valence-corrected chi connectivity index (χ1v) is 7.25. The first-order chi connectivity index (χ1) is 8.17. The summed E-state index contributed by atoms with van der Waals surface area (Å²) in [6, 6.07) is 0. The van der Waals surface area contributed by atoms with Gasteiger partial charge >= 0.3 is 0 Å². The maximum atomic E-state index is 9.59. The second-order valence-electron chi connectivity index (χ2n) is 6.29. The minimum absolute atomic E-state index is 0.116. The van der Waals surface area contributed by atoms with E-state index in [9.17, 15) is 5.11 Å². The normalized spacial score (nSPS) is 32.6. The Bertz CT molecular complexity index is 234. The van der Waals surface area contributed by atoms with Gasteiger partial charge in [0.15, 0.2) is 0 Å². The Balaban J connectivity index is 1.82. The van der Waals surface area contributed by atoms with Crippen LogP contribution in [0.4, 0.5) is 0 Å². The molecule has 1 aliphatic heterocycles. The molecular formula is C14H28N2O. The number of likely N-dealkylation sites (tertiary alicyclic amines) is 1. The Morgan fingerprint density at radius 2 is 1.94 bits per heavy atom. The second kappa shape index (κ2) is 5.68. The summed E-state index contributed by atoms with van der Waals surface area (Å²) in [4.78, 5) is 2.56. The molecule has 2 N–H and O–H groups in total. The van der Waals surface area contributed by atoms with Crippen molar-refractivity contribution in [1.82, 2.24) is 10.2 Å². The third-order valence-electron chi connectivity index (χ3n) is 4.53. The number of hydrogen-bond acceptors (Lipinski definition) is 3. The third kappa shape index (κ3) is 3.21. The van der Waals surface area contributed by atoms with Gasteiger partial charge in [-0.25, -0.2) is 0 Å². The number of aliphatic hydroxyl groups is 1. The summed E-state index contributed by atoms with van der Waals surface area (Å²) in [5, 5.41) is 13.1. The van der Waals surface area contributed by atoms with Gasteiger partial charge in [0, 0.05) is 19.6 Å². The molecule has 0 spiro atoms. The van der Waals surface area contributed by atoms with Gasteiger partial charge in [-0.2, -0.15) is 0 Å². The molecule has 0 aromatic heterocycles. The fourth-order valence-corrected chi connectivity index (χ4v) is 3.54. The van der Waals surface area contributed by atoms with E-state index in [0.717, 1.165) is 31.3 Å². The predicted octanol–water partition coefficient (Wildman–Crippen LogP) is 1.47. The highest BCUT2D eigenvalue weighted by Crippen LogP contribution is 2.37. The number of fused-ring (bicyclic) bond motifs is 1. The number of nitrogens with zero attached hydrogens (tertiary/aromatic N) is 1. The maximum Gasteiger partial charge on any atom is 0.0623 e. The lowest BCUT2D eigenvalue weighted by molar-refractivity contribution is 0.128. The summed E-state index contributed by atoms with van der Waals surface area (Å²) in [5.41, 5.74) is -0.116. The van der Waals surface area contributed by atoms with E-state index in [0.29, 0.717) is 0 Å². The van der Waals surface area contributed by atoms with E-state index in [-0.39, 0.29) is 12.1 Å². The van der Waals surface area contributed by atoms with E-state index in [1.54, 1.807) is 0 Å². The van der Waals surface area contributed by atoms with Crippen LogP contribution in [0.3, 0.4) is 0 Å². The highest BCUT2D eigenvalue weighted by molar-refractivity contribution is 4.93. The van der Waals surface area contributed by atoms with Crippen molar-refractivity contribution >= 4 is 0 Å². The van der Waals surface area contributed by atoms with E-state index in [1.165, 1.54) is 32.4 Å². The molecule has 0 aromatic rings. The Labute approximate surface area is 106 Å². The van der Waals surface area contributed by atoms with Gasteiger partial charge in [0.25, 0.3) is 0 Å². The van der Waals surface area contributed by atoms with Crippen LogP contribution in [0.1, 0.15) is 39.5 Å². The van der Waals surface area contributed by atoms with Crippen LogP contribution in [0.5, 0.6) is 0 Å². The predicted molar refractivity (Wildman–Crippen MR) is 71.1 cm³/mol. The smallest absolute Gasteiger partial charge is 0.0623 e. The van der Waals surface area contributed by atoms with Gasteiger partial charge in [-0.3, -0.25) is 0 Å². The van der Waals surface area contributed by atoms with Crippen molar-refractivity contribution in [3.63, 3.8) is 0 Å². The molecule has 1 saturated carbocycles. The molecule has 3 heteroatoms. The average molecular weight is 240 g/mol. The van der Waals surface area contributed by atoms with E-state index in [4.69, 9.17) is 0 Å². The van der Waals surface area contributed by atoms with Gasteiger partial charge in [0.05, 0.1) is 12.1 Å². The first-order valence-electron chi connectivity index (χ1n) is 7.25. The van der Waals surface area contributed by atoms with Crippen molar-refractivity contribution in [2.75, 3.05) is 32.8 Å². The molecule has 3 unspecified atom stereocenters. The summed E-state index contributed by atoms with van der Waals surface area (Å²) in [6.07, 6.45) is 5.42. The molecule has 2 rings (SSSR count). The molecule has 100 valence electrons. The van der Waals surface area contributed by atoms with Crippen LogP contribution in [-0.2, 0) is 0 Å². The van der Waals surface area contributed by atoms with Crippen molar-refractivity contribution in [2.45, 2.75) is 45.1 Å². The summed E-state index contributed by atoms with van der Waals surface area (Å²) < 4.78 is 0. The number of nitrogens with one attached hydrogen (secondary N) is 1. The second-order valence-corrected chi connectivity index (χ2v) is 6.29. The molecule has 1 aliphatic carbocycles. The van der Waals surface area contributed by atoms with E-state index >= 15 is 0 Å². The van der Waals surface area contributed by atoms with Crippen LogP contribution >= 0.6 is 0 Å². The van der Waals surface area contributed by atoms with Gasteiger partial charge in [-0.05, 0) is 44.6 Å². The number of aliphatic hydroxyl groups excluding tert-OH is 1. The molecular weight excluding hydrogens is 212 g/mol. The molecule has 1 heterocycles. The molecule has 0 amide bonds. The van der Waals surface area contributed by atoms with E-state index in [1.807, 2.05) is 0 Å². The van der Waals surface area contributed by atoms with Crippen LogP contribution in [0, 0.1) is 11.8 Å². The van der Waals surface area contributed by atoms with Crippen LogP contribution in [-0.4, -0.2) is 48.3 Å². The molecule has 0 radical (unpaired) electrons. The lowest BCUT2D eigenvalue weighted by Crippen LogP contribution is -2.54. The topological polar surface area (TPSA) is 35.5 Å².